The molecule has 2 heterocycles. The molecule has 0 spiro atoms. The van der Waals surface area contributed by atoms with Crippen molar-refractivity contribution in [2.24, 2.45) is 5.73 Å². The molecule has 0 saturated carbocycles. The van der Waals surface area contributed by atoms with Crippen LogP contribution in [0.15, 0.2) is 78.2 Å². The molecular formula is C23H20FN5O2S. The summed E-state index contributed by atoms with van der Waals surface area (Å²) >= 11 is 1.15. The number of rotatable bonds is 8. The summed E-state index contributed by atoms with van der Waals surface area (Å²) in [7, 11) is 0. The number of carbonyl (C=O) groups excluding carboxylic acids is 1. The van der Waals surface area contributed by atoms with Gasteiger partial charge in [0, 0.05) is 23.6 Å². The molecule has 1 atom stereocenters. The maximum absolute atomic E-state index is 13.4. The van der Waals surface area contributed by atoms with Gasteiger partial charge in [0.15, 0.2) is 11.0 Å². The van der Waals surface area contributed by atoms with Crippen LogP contribution in [0.4, 0.5) is 4.39 Å². The average Bonchev–Trinajstić information content (AvgIpc) is 3.23. The first kappa shape index (κ1) is 21.5. The summed E-state index contributed by atoms with van der Waals surface area (Å²) in [6, 6.07) is 16.8. The van der Waals surface area contributed by atoms with Crippen molar-refractivity contribution in [1.82, 2.24) is 19.7 Å². The van der Waals surface area contributed by atoms with Gasteiger partial charge in [0.2, 0.25) is 5.91 Å². The lowest BCUT2D eigenvalue weighted by Crippen LogP contribution is -2.19. The van der Waals surface area contributed by atoms with Crippen LogP contribution in [0.5, 0.6) is 5.75 Å². The Bertz CT molecular complexity index is 1200. The molecule has 0 aliphatic heterocycles. The number of pyridine rings is 1. The van der Waals surface area contributed by atoms with Crippen LogP contribution in [0.25, 0.3) is 17.1 Å². The smallest absolute Gasteiger partial charge is 0.235 e. The van der Waals surface area contributed by atoms with Crippen LogP contribution in [0.2, 0.25) is 0 Å². The molecule has 162 valence electrons. The number of hydrogen-bond acceptors (Lipinski definition) is 6. The summed E-state index contributed by atoms with van der Waals surface area (Å²) in [6.45, 7) is 2.48. The van der Waals surface area contributed by atoms with E-state index < -0.39 is 17.0 Å². The Morgan fingerprint density at radius 3 is 2.50 bits per heavy atom. The van der Waals surface area contributed by atoms with Gasteiger partial charge in [-0.2, -0.15) is 0 Å². The molecule has 4 aromatic rings. The molecule has 0 fully saturated rings. The minimum Gasteiger partial charge on any atom is -0.494 e. The van der Waals surface area contributed by atoms with Gasteiger partial charge in [-0.05, 0) is 61.0 Å². The maximum atomic E-state index is 13.4. The van der Waals surface area contributed by atoms with Crippen molar-refractivity contribution in [3.63, 3.8) is 0 Å². The van der Waals surface area contributed by atoms with E-state index in [-0.39, 0.29) is 0 Å². The van der Waals surface area contributed by atoms with Crippen LogP contribution in [0, 0.1) is 5.82 Å². The SMILES string of the molecule is CCOc1ccc(-n2c(SC(C(N)=O)c3ccc(F)cc3)nnc2-c2cccnc2)cc1. The van der Waals surface area contributed by atoms with E-state index in [2.05, 4.69) is 15.2 Å². The van der Waals surface area contributed by atoms with Crippen molar-refractivity contribution in [2.75, 3.05) is 6.61 Å². The second kappa shape index (κ2) is 9.61. The van der Waals surface area contributed by atoms with Gasteiger partial charge in [0.05, 0.1) is 6.61 Å². The van der Waals surface area contributed by atoms with Gasteiger partial charge < -0.3 is 10.5 Å². The van der Waals surface area contributed by atoms with Crippen molar-refractivity contribution in [3.8, 4) is 22.8 Å². The van der Waals surface area contributed by atoms with Crippen molar-refractivity contribution in [1.29, 1.82) is 0 Å². The van der Waals surface area contributed by atoms with Gasteiger partial charge in [0.25, 0.3) is 0 Å². The first-order chi connectivity index (χ1) is 15.6. The molecule has 7 nitrogen and oxygen atoms in total. The fourth-order valence-corrected chi connectivity index (χ4v) is 4.16. The Balaban J connectivity index is 1.78. The number of aromatic nitrogens is 4. The summed E-state index contributed by atoms with van der Waals surface area (Å²) in [5.41, 5.74) is 7.80. The summed E-state index contributed by atoms with van der Waals surface area (Å²) in [5, 5.41) is 8.36. The zero-order valence-electron chi connectivity index (χ0n) is 17.2. The Morgan fingerprint density at radius 2 is 1.88 bits per heavy atom. The molecule has 0 bridgehead atoms. The summed E-state index contributed by atoms with van der Waals surface area (Å²) in [5.74, 6) is 0.346. The van der Waals surface area contributed by atoms with Gasteiger partial charge in [-0.15, -0.1) is 10.2 Å². The first-order valence-corrected chi connectivity index (χ1v) is 10.7. The quantitative estimate of drug-likeness (QED) is 0.405. The van der Waals surface area contributed by atoms with Crippen LogP contribution in [0.1, 0.15) is 17.7 Å². The first-order valence-electron chi connectivity index (χ1n) is 9.87. The van der Waals surface area contributed by atoms with E-state index in [0.717, 1.165) is 28.8 Å². The van der Waals surface area contributed by atoms with E-state index in [1.54, 1.807) is 12.4 Å². The standard InChI is InChI=1S/C23H20FN5O2S/c1-2-31-19-11-9-18(10-12-19)29-22(16-4-3-13-26-14-16)27-28-23(29)32-20(21(25)30)15-5-7-17(24)8-6-15/h3-14,20H,2H2,1H3,(H2,25,30). The maximum Gasteiger partial charge on any atom is 0.235 e. The largest absolute Gasteiger partial charge is 0.494 e. The highest BCUT2D eigenvalue weighted by Crippen LogP contribution is 2.37. The molecule has 0 radical (unpaired) electrons. The van der Waals surface area contributed by atoms with Gasteiger partial charge in [-0.25, -0.2) is 4.39 Å². The summed E-state index contributed by atoms with van der Waals surface area (Å²) in [6.07, 6.45) is 3.36. The Morgan fingerprint density at radius 1 is 1.12 bits per heavy atom. The number of primary amides is 1. The average molecular weight is 450 g/mol. The number of amides is 1. The zero-order valence-corrected chi connectivity index (χ0v) is 18.0. The normalized spacial score (nSPS) is 11.8. The molecule has 1 unspecified atom stereocenters. The predicted molar refractivity (Wildman–Crippen MR) is 120 cm³/mol. The lowest BCUT2D eigenvalue weighted by molar-refractivity contribution is -0.117. The van der Waals surface area contributed by atoms with Crippen LogP contribution in [0.3, 0.4) is 0 Å². The Kier molecular flexibility index (Phi) is 6.46. The molecule has 9 heteroatoms. The van der Waals surface area contributed by atoms with Crippen LogP contribution < -0.4 is 10.5 Å². The van der Waals surface area contributed by atoms with E-state index in [0.29, 0.717) is 23.2 Å². The highest BCUT2D eigenvalue weighted by Gasteiger charge is 2.25. The van der Waals surface area contributed by atoms with Crippen molar-refractivity contribution in [2.45, 2.75) is 17.3 Å². The number of ether oxygens (including phenoxy) is 1. The van der Waals surface area contributed by atoms with Crippen LogP contribution in [-0.4, -0.2) is 32.3 Å². The predicted octanol–water partition coefficient (Wildman–Crippen LogP) is 4.19. The second-order valence-corrected chi connectivity index (χ2v) is 7.83. The van der Waals surface area contributed by atoms with E-state index in [1.807, 2.05) is 47.9 Å². The molecule has 1 amide bonds. The third-order valence-corrected chi connectivity index (χ3v) is 5.83. The molecule has 0 aliphatic carbocycles. The highest BCUT2D eigenvalue weighted by atomic mass is 32.2. The molecule has 2 aromatic carbocycles. The molecule has 0 aliphatic rings. The number of thioether (sulfide) groups is 1. The second-order valence-electron chi connectivity index (χ2n) is 6.76. The van der Waals surface area contributed by atoms with Gasteiger partial charge in [-0.3, -0.25) is 14.3 Å². The number of nitrogens with zero attached hydrogens (tertiary/aromatic N) is 4. The monoisotopic (exact) mass is 449 g/mol. The third-order valence-electron chi connectivity index (χ3n) is 4.61. The number of carbonyl (C=O) groups is 1. The molecule has 0 saturated heterocycles. The van der Waals surface area contributed by atoms with Crippen LogP contribution >= 0.6 is 11.8 Å². The number of hydrogen-bond donors (Lipinski definition) is 1. The zero-order chi connectivity index (χ0) is 22.5. The molecule has 2 N–H and O–H groups in total. The number of halogens is 1. The number of benzene rings is 2. The molecular weight excluding hydrogens is 429 g/mol. The minimum absolute atomic E-state index is 0.390. The van der Waals surface area contributed by atoms with Crippen molar-refractivity contribution >= 4 is 17.7 Å². The van der Waals surface area contributed by atoms with Crippen molar-refractivity contribution in [3.05, 3.63) is 84.4 Å². The lowest BCUT2D eigenvalue weighted by atomic mass is 10.1. The van der Waals surface area contributed by atoms with E-state index in [4.69, 9.17) is 10.5 Å². The third kappa shape index (κ3) is 4.62. The lowest BCUT2D eigenvalue weighted by Gasteiger charge is -2.15. The van der Waals surface area contributed by atoms with Gasteiger partial charge >= 0.3 is 0 Å². The van der Waals surface area contributed by atoms with E-state index in [9.17, 15) is 9.18 Å². The Labute approximate surface area is 188 Å². The summed E-state index contributed by atoms with van der Waals surface area (Å²) in [4.78, 5) is 16.4. The molecule has 4 rings (SSSR count). The molecule has 32 heavy (non-hydrogen) atoms. The van der Waals surface area contributed by atoms with Crippen LogP contribution in [-0.2, 0) is 4.79 Å². The highest BCUT2D eigenvalue weighted by molar-refractivity contribution is 8.00. The topological polar surface area (TPSA) is 95.9 Å². The summed E-state index contributed by atoms with van der Waals surface area (Å²) < 4.78 is 20.7. The molecule has 2 aromatic heterocycles. The Hall–Kier alpha value is -3.72. The minimum atomic E-state index is -0.775. The fraction of sp³-hybridized carbons (Fsp3) is 0.130. The van der Waals surface area contributed by atoms with Crippen molar-refractivity contribution < 1.29 is 13.9 Å². The van der Waals surface area contributed by atoms with E-state index >= 15 is 0 Å². The fourth-order valence-electron chi connectivity index (χ4n) is 3.15. The van der Waals surface area contributed by atoms with Gasteiger partial charge in [0.1, 0.15) is 16.8 Å². The van der Waals surface area contributed by atoms with Gasteiger partial charge in [-0.1, -0.05) is 23.9 Å². The van der Waals surface area contributed by atoms with E-state index in [1.165, 1.54) is 24.3 Å². The number of nitrogens with two attached hydrogens (primary N) is 1.